The van der Waals surface area contributed by atoms with Crippen LogP contribution in [0.3, 0.4) is 0 Å². The van der Waals surface area contributed by atoms with E-state index in [-0.39, 0.29) is 0 Å². The molecule has 0 aliphatic carbocycles. The fourth-order valence-corrected chi connectivity index (χ4v) is 8.20. The van der Waals surface area contributed by atoms with Crippen molar-refractivity contribution in [1.29, 1.82) is 0 Å². The quantitative estimate of drug-likeness (QED) is 0.171. The van der Waals surface area contributed by atoms with Crippen LogP contribution in [0.2, 0.25) is 0 Å². The summed E-state index contributed by atoms with van der Waals surface area (Å²) in [5, 5.41) is 12.3. The van der Waals surface area contributed by atoms with Crippen molar-refractivity contribution in [3.05, 3.63) is 205 Å². The fraction of sp³-hybridized carbons (Fsp3) is 0.0385. The predicted molar refractivity (Wildman–Crippen MR) is 233 cm³/mol. The van der Waals surface area contributed by atoms with Gasteiger partial charge in [-0.3, -0.25) is 0 Å². The normalized spacial score (nSPS) is 11.5. The standard InChI is InChI=1S/C52H38N2/c1-35-27-49(53(45-23-19-37-11-3-7-15-41(37)29-45)46-24-20-38-12-4-8-16-42(38)30-46)34-52-36(2)28-50(33-51(35)52)54(47-25-21-39-13-5-9-17-43(39)31-47)48-26-22-40-14-6-10-18-44(40)32-48/h3-34H,1-2H3. The molecule has 0 aliphatic rings. The molecule has 0 bridgehead atoms. The van der Waals surface area contributed by atoms with Gasteiger partial charge in [-0.15, -0.1) is 0 Å². The Hall–Kier alpha value is -6.90. The average Bonchev–Trinajstić information content (AvgIpc) is 3.21. The van der Waals surface area contributed by atoms with Crippen molar-refractivity contribution in [2.24, 2.45) is 0 Å². The Bertz CT molecular complexity index is 2680. The van der Waals surface area contributed by atoms with Crippen LogP contribution in [-0.4, -0.2) is 0 Å². The van der Waals surface area contributed by atoms with Crippen LogP contribution < -0.4 is 9.80 Å². The second kappa shape index (κ2) is 12.9. The Morgan fingerprint density at radius 2 is 0.500 bits per heavy atom. The van der Waals surface area contributed by atoms with E-state index in [0.29, 0.717) is 0 Å². The molecule has 0 aliphatic heterocycles. The molecular weight excluding hydrogens is 653 g/mol. The van der Waals surface area contributed by atoms with E-state index in [0.717, 1.165) is 34.1 Å². The Kier molecular flexibility index (Phi) is 7.63. The van der Waals surface area contributed by atoms with Crippen molar-refractivity contribution in [3.63, 3.8) is 0 Å². The van der Waals surface area contributed by atoms with Crippen LogP contribution in [0.4, 0.5) is 34.1 Å². The Morgan fingerprint density at radius 3 is 0.778 bits per heavy atom. The molecule has 0 fully saturated rings. The van der Waals surface area contributed by atoms with Crippen molar-refractivity contribution in [2.45, 2.75) is 13.8 Å². The van der Waals surface area contributed by atoms with Crippen molar-refractivity contribution in [3.8, 4) is 0 Å². The molecule has 0 heterocycles. The van der Waals surface area contributed by atoms with E-state index in [9.17, 15) is 0 Å². The van der Waals surface area contributed by atoms with E-state index in [2.05, 4.69) is 218 Å². The lowest BCUT2D eigenvalue weighted by Gasteiger charge is -2.29. The van der Waals surface area contributed by atoms with Gasteiger partial charge in [-0.1, -0.05) is 121 Å². The maximum atomic E-state index is 2.41. The number of hydrogen-bond acceptors (Lipinski definition) is 2. The van der Waals surface area contributed by atoms with Crippen molar-refractivity contribution >= 4 is 88.0 Å². The molecule has 0 saturated carbocycles. The van der Waals surface area contributed by atoms with Gasteiger partial charge in [0.25, 0.3) is 0 Å². The monoisotopic (exact) mass is 690 g/mol. The van der Waals surface area contributed by atoms with E-state index in [1.54, 1.807) is 0 Å². The van der Waals surface area contributed by atoms with E-state index >= 15 is 0 Å². The lowest BCUT2D eigenvalue weighted by molar-refractivity contribution is 1.27. The van der Waals surface area contributed by atoms with E-state index in [1.807, 2.05) is 0 Å². The van der Waals surface area contributed by atoms with Gasteiger partial charge in [-0.2, -0.15) is 0 Å². The number of anilines is 6. The fourth-order valence-electron chi connectivity index (χ4n) is 8.20. The molecule has 2 heteroatoms. The molecule has 0 N–H and O–H groups in total. The highest BCUT2D eigenvalue weighted by Gasteiger charge is 2.19. The molecule has 2 nitrogen and oxygen atoms in total. The summed E-state index contributed by atoms with van der Waals surface area (Å²) in [6, 6.07) is 71.0. The smallest absolute Gasteiger partial charge is 0.0470 e. The summed E-state index contributed by atoms with van der Waals surface area (Å²) >= 11 is 0. The molecule has 256 valence electrons. The Morgan fingerprint density at radius 1 is 0.241 bits per heavy atom. The van der Waals surface area contributed by atoms with Crippen LogP contribution in [0.1, 0.15) is 11.1 Å². The predicted octanol–water partition coefficient (Wildman–Crippen LogP) is 15.0. The molecule has 0 amide bonds. The third-order valence-corrected chi connectivity index (χ3v) is 10.9. The Labute approximate surface area is 315 Å². The van der Waals surface area contributed by atoms with Crippen molar-refractivity contribution in [2.75, 3.05) is 9.80 Å². The highest BCUT2D eigenvalue weighted by molar-refractivity contribution is 6.00. The third-order valence-electron chi connectivity index (χ3n) is 10.9. The summed E-state index contributed by atoms with van der Waals surface area (Å²) in [4.78, 5) is 4.82. The molecule has 10 rings (SSSR count). The minimum Gasteiger partial charge on any atom is -0.310 e. The molecule has 0 saturated heterocycles. The molecule has 0 radical (unpaired) electrons. The van der Waals surface area contributed by atoms with Crippen LogP contribution in [0.5, 0.6) is 0 Å². The molecule has 0 unspecified atom stereocenters. The number of nitrogens with zero attached hydrogens (tertiary/aromatic N) is 2. The summed E-state index contributed by atoms with van der Waals surface area (Å²) in [5.41, 5.74) is 9.29. The minimum atomic E-state index is 1.13. The Balaban J connectivity index is 1.15. The van der Waals surface area contributed by atoms with Crippen LogP contribution >= 0.6 is 0 Å². The molecular formula is C52H38N2. The van der Waals surface area contributed by atoms with Gasteiger partial charge in [0.1, 0.15) is 0 Å². The second-order valence-electron chi connectivity index (χ2n) is 14.4. The van der Waals surface area contributed by atoms with Gasteiger partial charge in [0.2, 0.25) is 0 Å². The van der Waals surface area contributed by atoms with Crippen LogP contribution in [-0.2, 0) is 0 Å². The van der Waals surface area contributed by atoms with E-state index in [1.165, 1.54) is 65.0 Å². The third kappa shape index (κ3) is 5.60. The van der Waals surface area contributed by atoms with Crippen molar-refractivity contribution < 1.29 is 0 Å². The van der Waals surface area contributed by atoms with Crippen LogP contribution in [0, 0.1) is 13.8 Å². The summed E-state index contributed by atoms with van der Waals surface area (Å²) in [7, 11) is 0. The first-order chi connectivity index (χ1) is 26.6. The van der Waals surface area contributed by atoms with Crippen molar-refractivity contribution in [1.82, 2.24) is 0 Å². The molecule has 10 aromatic rings. The topological polar surface area (TPSA) is 6.48 Å². The SMILES string of the molecule is Cc1cc(N(c2ccc3ccccc3c2)c2ccc3ccccc3c2)cc2c(C)cc(N(c3ccc4ccccc4c3)c3ccc4ccccc4c3)cc12. The average molecular weight is 691 g/mol. The first-order valence-corrected chi connectivity index (χ1v) is 18.7. The summed E-state index contributed by atoms with van der Waals surface area (Å²) in [5.74, 6) is 0. The van der Waals surface area contributed by atoms with Gasteiger partial charge >= 0.3 is 0 Å². The minimum absolute atomic E-state index is 1.13. The van der Waals surface area contributed by atoms with Gasteiger partial charge in [0.15, 0.2) is 0 Å². The summed E-state index contributed by atoms with van der Waals surface area (Å²) in [6.45, 7) is 4.51. The van der Waals surface area contributed by atoms with Gasteiger partial charge < -0.3 is 9.80 Å². The highest BCUT2D eigenvalue weighted by Crippen LogP contribution is 2.43. The largest absolute Gasteiger partial charge is 0.310 e. The van der Waals surface area contributed by atoms with Crippen LogP contribution in [0.15, 0.2) is 194 Å². The molecule has 0 spiro atoms. The van der Waals surface area contributed by atoms with Gasteiger partial charge in [0.05, 0.1) is 0 Å². The summed E-state index contributed by atoms with van der Waals surface area (Å²) < 4.78 is 0. The number of rotatable bonds is 6. The zero-order chi connectivity index (χ0) is 36.2. The maximum absolute atomic E-state index is 2.41. The first-order valence-electron chi connectivity index (χ1n) is 18.7. The number of fused-ring (bicyclic) bond motifs is 5. The second-order valence-corrected chi connectivity index (χ2v) is 14.4. The van der Waals surface area contributed by atoms with E-state index < -0.39 is 0 Å². The van der Waals surface area contributed by atoms with Gasteiger partial charge in [0, 0.05) is 34.1 Å². The zero-order valence-corrected chi connectivity index (χ0v) is 30.4. The lowest BCUT2D eigenvalue weighted by Crippen LogP contribution is -2.11. The molecule has 10 aromatic carbocycles. The summed E-state index contributed by atoms with van der Waals surface area (Å²) in [6.07, 6.45) is 0. The lowest BCUT2D eigenvalue weighted by atomic mass is 9.97. The molecule has 0 atom stereocenters. The zero-order valence-electron chi connectivity index (χ0n) is 30.4. The van der Waals surface area contributed by atoms with Gasteiger partial charge in [-0.05, 0) is 152 Å². The number of hydrogen-bond donors (Lipinski definition) is 0. The first kappa shape index (κ1) is 31.8. The maximum Gasteiger partial charge on any atom is 0.0470 e. The highest BCUT2D eigenvalue weighted by atomic mass is 15.1. The molecule has 0 aromatic heterocycles. The van der Waals surface area contributed by atoms with Crippen LogP contribution in [0.25, 0.3) is 53.9 Å². The number of benzene rings is 10. The number of aryl methyl sites for hydroxylation is 2. The molecule has 54 heavy (non-hydrogen) atoms. The van der Waals surface area contributed by atoms with E-state index in [4.69, 9.17) is 0 Å². The van der Waals surface area contributed by atoms with Gasteiger partial charge in [-0.25, -0.2) is 0 Å².